The second-order valence-electron chi connectivity index (χ2n) is 5.88. The van der Waals surface area contributed by atoms with Crippen LogP contribution in [0.4, 0.5) is 5.82 Å². The van der Waals surface area contributed by atoms with E-state index in [1.165, 1.54) is 30.5 Å². The van der Waals surface area contributed by atoms with Gasteiger partial charge in [0.05, 0.1) is 0 Å². The van der Waals surface area contributed by atoms with E-state index < -0.39 is 0 Å². The lowest BCUT2D eigenvalue weighted by Crippen LogP contribution is -2.21. The minimum atomic E-state index is 0.954. The summed E-state index contributed by atoms with van der Waals surface area (Å²) in [5.74, 6) is 2.99. The van der Waals surface area contributed by atoms with Crippen molar-refractivity contribution in [1.29, 1.82) is 0 Å². The maximum atomic E-state index is 4.75. The standard InChI is InChI=1S/C16H26N2/c1-4-9-17-16-13(3)5-7-15(18-16)8-6-14-10-12(2)11-14/h5,7,12,14H,4,6,8-11H2,1-3H3,(H,17,18). The summed E-state index contributed by atoms with van der Waals surface area (Å²) in [5, 5.41) is 3.41. The van der Waals surface area contributed by atoms with Gasteiger partial charge in [-0.3, -0.25) is 0 Å². The van der Waals surface area contributed by atoms with Crippen molar-refractivity contribution in [1.82, 2.24) is 4.98 Å². The van der Waals surface area contributed by atoms with E-state index in [9.17, 15) is 0 Å². The predicted molar refractivity (Wildman–Crippen MR) is 78.0 cm³/mol. The SMILES string of the molecule is CCCNc1nc(CCC2CC(C)C2)ccc1C. The fourth-order valence-corrected chi connectivity index (χ4v) is 2.79. The molecule has 1 aliphatic rings. The van der Waals surface area contributed by atoms with Gasteiger partial charge in [-0.25, -0.2) is 4.98 Å². The Morgan fingerprint density at radius 2 is 2.11 bits per heavy atom. The van der Waals surface area contributed by atoms with Gasteiger partial charge in [0.15, 0.2) is 0 Å². The second-order valence-corrected chi connectivity index (χ2v) is 5.88. The van der Waals surface area contributed by atoms with Crippen LogP contribution in [-0.2, 0) is 6.42 Å². The fraction of sp³-hybridized carbons (Fsp3) is 0.688. The molecule has 0 bridgehead atoms. The molecule has 2 rings (SSSR count). The molecule has 1 heterocycles. The minimum absolute atomic E-state index is 0.954. The lowest BCUT2D eigenvalue weighted by Gasteiger charge is -2.32. The van der Waals surface area contributed by atoms with Gasteiger partial charge < -0.3 is 5.32 Å². The molecule has 0 aliphatic heterocycles. The van der Waals surface area contributed by atoms with Crippen molar-refractivity contribution in [3.05, 3.63) is 23.4 Å². The number of hydrogen-bond acceptors (Lipinski definition) is 2. The van der Waals surface area contributed by atoms with Crippen molar-refractivity contribution < 1.29 is 0 Å². The molecule has 1 aliphatic carbocycles. The maximum Gasteiger partial charge on any atom is 0.129 e. The van der Waals surface area contributed by atoms with Crippen molar-refractivity contribution in [3.63, 3.8) is 0 Å². The topological polar surface area (TPSA) is 24.9 Å². The minimum Gasteiger partial charge on any atom is -0.370 e. The Morgan fingerprint density at radius 3 is 2.78 bits per heavy atom. The highest BCUT2D eigenvalue weighted by Crippen LogP contribution is 2.36. The molecule has 0 radical (unpaired) electrons. The first-order valence-electron chi connectivity index (χ1n) is 7.39. The zero-order chi connectivity index (χ0) is 13.0. The molecule has 0 amide bonds. The summed E-state index contributed by atoms with van der Waals surface area (Å²) in [7, 11) is 0. The maximum absolute atomic E-state index is 4.75. The van der Waals surface area contributed by atoms with Gasteiger partial charge in [0.1, 0.15) is 5.82 Å². The lowest BCUT2D eigenvalue weighted by molar-refractivity contribution is 0.199. The van der Waals surface area contributed by atoms with E-state index in [0.717, 1.165) is 37.0 Å². The number of pyridine rings is 1. The number of rotatable bonds is 6. The molecule has 0 saturated heterocycles. The van der Waals surface area contributed by atoms with E-state index in [1.807, 2.05) is 0 Å². The third kappa shape index (κ3) is 3.47. The number of anilines is 1. The number of nitrogens with zero attached hydrogens (tertiary/aromatic N) is 1. The van der Waals surface area contributed by atoms with Crippen LogP contribution >= 0.6 is 0 Å². The van der Waals surface area contributed by atoms with Gasteiger partial charge in [0, 0.05) is 12.2 Å². The summed E-state index contributed by atoms with van der Waals surface area (Å²) >= 11 is 0. The first kappa shape index (κ1) is 13.4. The average molecular weight is 246 g/mol. The van der Waals surface area contributed by atoms with E-state index in [-0.39, 0.29) is 0 Å². The first-order chi connectivity index (χ1) is 8.69. The summed E-state index contributed by atoms with van der Waals surface area (Å²) in [6.45, 7) is 7.68. The van der Waals surface area contributed by atoms with Gasteiger partial charge in [-0.1, -0.05) is 19.9 Å². The number of nitrogens with one attached hydrogen (secondary N) is 1. The molecule has 0 unspecified atom stereocenters. The molecule has 1 aromatic rings. The van der Waals surface area contributed by atoms with Gasteiger partial charge in [0.2, 0.25) is 0 Å². The van der Waals surface area contributed by atoms with Crippen molar-refractivity contribution in [3.8, 4) is 0 Å². The van der Waals surface area contributed by atoms with Crippen LogP contribution in [0, 0.1) is 18.8 Å². The number of aromatic nitrogens is 1. The van der Waals surface area contributed by atoms with Gasteiger partial charge >= 0.3 is 0 Å². The Hall–Kier alpha value is -1.05. The highest BCUT2D eigenvalue weighted by atomic mass is 15.0. The van der Waals surface area contributed by atoms with Crippen LogP contribution < -0.4 is 5.32 Å². The fourth-order valence-electron chi connectivity index (χ4n) is 2.79. The zero-order valence-electron chi connectivity index (χ0n) is 12.0. The lowest BCUT2D eigenvalue weighted by atomic mass is 9.74. The third-order valence-corrected chi connectivity index (χ3v) is 3.98. The summed E-state index contributed by atoms with van der Waals surface area (Å²) in [5.41, 5.74) is 2.50. The van der Waals surface area contributed by atoms with E-state index >= 15 is 0 Å². The molecule has 18 heavy (non-hydrogen) atoms. The molecule has 0 atom stereocenters. The van der Waals surface area contributed by atoms with Gasteiger partial charge in [-0.05, 0) is 62.5 Å². The molecule has 0 spiro atoms. The second kappa shape index (κ2) is 6.21. The highest BCUT2D eigenvalue weighted by molar-refractivity contribution is 5.44. The summed E-state index contributed by atoms with van der Waals surface area (Å²) in [6.07, 6.45) is 6.44. The molecule has 100 valence electrons. The Kier molecular flexibility index (Phi) is 4.62. The van der Waals surface area contributed by atoms with Crippen LogP contribution in [0.5, 0.6) is 0 Å². The van der Waals surface area contributed by atoms with E-state index in [1.54, 1.807) is 0 Å². The Morgan fingerprint density at radius 1 is 1.33 bits per heavy atom. The Bertz CT molecular complexity index is 381. The number of hydrogen-bond donors (Lipinski definition) is 1. The molecule has 1 aromatic heterocycles. The van der Waals surface area contributed by atoms with E-state index in [2.05, 4.69) is 38.2 Å². The van der Waals surface area contributed by atoms with Crippen LogP contribution in [0.3, 0.4) is 0 Å². The van der Waals surface area contributed by atoms with Crippen molar-refractivity contribution in [2.24, 2.45) is 11.8 Å². The van der Waals surface area contributed by atoms with Crippen molar-refractivity contribution >= 4 is 5.82 Å². The summed E-state index contributed by atoms with van der Waals surface area (Å²) in [4.78, 5) is 4.75. The molecule has 2 nitrogen and oxygen atoms in total. The molecule has 1 fully saturated rings. The first-order valence-corrected chi connectivity index (χ1v) is 7.39. The zero-order valence-corrected chi connectivity index (χ0v) is 12.0. The highest BCUT2D eigenvalue weighted by Gasteiger charge is 2.24. The van der Waals surface area contributed by atoms with Crippen molar-refractivity contribution in [2.45, 2.75) is 52.9 Å². The average Bonchev–Trinajstić information content (AvgIpc) is 2.33. The molecule has 1 N–H and O–H groups in total. The Labute approximate surface area is 111 Å². The summed E-state index contributed by atoms with van der Waals surface area (Å²) < 4.78 is 0. The predicted octanol–water partition coefficient (Wildman–Crippen LogP) is 4.19. The quantitative estimate of drug-likeness (QED) is 0.814. The van der Waals surface area contributed by atoms with Gasteiger partial charge in [-0.2, -0.15) is 0 Å². The van der Waals surface area contributed by atoms with E-state index in [4.69, 9.17) is 4.98 Å². The molecule has 2 heteroatoms. The third-order valence-electron chi connectivity index (χ3n) is 3.98. The number of aryl methyl sites for hydroxylation is 2. The summed E-state index contributed by atoms with van der Waals surface area (Å²) in [6, 6.07) is 4.39. The van der Waals surface area contributed by atoms with Crippen LogP contribution in [0.15, 0.2) is 12.1 Å². The Balaban J connectivity index is 1.87. The monoisotopic (exact) mass is 246 g/mol. The van der Waals surface area contributed by atoms with Crippen LogP contribution in [0.25, 0.3) is 0 Å². The molecule has 0 aromatic carbocycles. The van der Waals surface area contributed by atoms with Gasteiger partial charge in [0.25, 0.3) is 0 Å². The largest absolute Gasteiger partial charge is 0.370 e. The van der Waals surface area contributed by atoms with Gasteiger partial charge in [-0.15, -0.1) is 0 Å². The normalized spacial score (nSPS) is 22.6. The smallest absolute Gasteiger partial charge is 0.129 e. The van der Waals surface area contributed by atoms with Crippen LogP contribution in [0.1, 0.15) is 50.8 Å². The molecule has 1 saturated carbocycles. The van der Waals surface area contributed by atoms with Crippen LogP contribution in [-0.4, -0.2) is 11.5 Å². The van der Waals surface area contributed by atoms with E-state index in [0.29, 0.717) is 0 Å². The molecular formula is C16H26N2. The molecular weight excluding hydrogens is 220 g/mol. The van der Waals surface area contributed by atoms with Crippen molar-refractivity contribution in [2.75, 3.05) is 11.9 Å². The van der Waals surface area contributed by atoms with Crippen LogP contribution in [0.2, 0.25) is 0 Å².